The number of carbonyl (C=O) groups excluding carboxylic acids is 1. The largest absolute Gasteiger partial charge is 0.492 e. The number of hydrogen-bond donors (Lipinski definition) is 2. The lowest BCUT2D eigenvalue weighted by atomic mass is 10.1. The molecule has 1 rings (SSSR count). The van der Waals surface area contributed by atoms with Crippen molar-refractivity contribution >= 4 is 30.7 Å². The summed E-state index contributed by atoms with van der Waals surface area (Å²) < 4.78 is 5.70. The van der Waals surface area contributed by atoms with Crippen LogP contribution in [0.4, 0.5) is 0 Å². The highest BCUT2D eigenvalue weighted by molar-refractivity contribution is 5.94. The molecule has 0 aliphatic carbocycles. The number of rotatable bonds is 9. The van der Waals surface area contributed by atoms with Gasteiger partial charge in [0.1, 0.15) is 12.4 Å². The van der Waals surface area contributed by atoms with Crippen LogP contribution >= 0.6 is 24.8 Å². The second kappa shape index (κ2) is 12.4. The molecule has 0 aliphatic heterocycles. The van der Waals surface area contributed by atoms with E-state index in [-0.39, 0.29) is 30.7 Å². The van der Waals surface area contributed by atoms with Crippen LogP contribution in [0.3, 0.4) is 0 Å². The monoisotopic (exact) mass is 379 g/mol. The molecule has 0 heterocycles. The molecular formula is C17H31Cl2N3O2. The zero-order valence-electron chi connectivity index (χ0n) is 15.0. The second-order valence-electron chi connectivity index (χ2n) is 5.94. The number of carbonyl (C=O) groups is 1. The molecule has 1 amide bonds. The van der Waals surface area contributed by atoms with E-state index in [1.807, 2.05) is 26.0 Å². The third-order valence-electron chi connectivity index (χ3n) is 3.65. The first-order valence-electron chi connectivity index (χ1n) is 7.89. The van der Waals surface area contributed by atoms with Crippen LogP contribution in [0, 0.1) is 0 Å². The first kappa shape index (κ1) is 25.2. The maximum atomic E-state index is 12.1. The highest BCUT2D eigenvalue weighted by Crippen LogP contribution is 2.13. The summed E-state index contributed by atoms with van der Waals surface area (Å²) in [4.78, 5) is 14.4. The number of nitrogens with zero attached hydrogens (tertiary/aromatic N) is 1. The molecule has 0 radical (unpaired) electrons. The Labute approximate surface area is 158 Å². The van der Waals surface area contributed by atoms with Gasteiger partial charge in [-0.15, -0.1) is 24.8 Å². The number of ether oxygens (including phenoxy) is 1. The predicted octanol–water partition coefficient (Wildman–Crippen LogP) is 2.72. The van der Waals surface area contributed by atoms with Crippen molar-refractivity contribution in [3.63, 3.8) is 0 Å². The highest BCUT2D eigenvalue weighted by atomic mass is 35.5. The average molecular weight is 380 g/mol. The fourth-order valence-corrected chi connectivity index (χ4v) is 1.97. The lowest BCUT2D eigenvalue weighted by molar-refractivity contribution is 0.0915. The summed E-state index contributed by atoms with van der Waals surface area (Å²) in [7, 11) is 0. The number of hydrogen-bond acceptors (Lipinski definition) is 4. The molecule has 24 heavy (non-hydrogen) atoms. The third kappa shape index (κ3) is 8.73. The van der Waals surface area contributed by atoms with Crippen molar-refractivity contribution in [1.82, 2.24) is 10.2 Å². The van der Waals surface area contributed by atoms with E-state index in [0.29, 0.717) is 18.7 Å². The molecule has 0 saturated carbocycles. The van der Waals surface area contributed by atoms with Gasteiger partial charge in [0.05, 0.1) is 0 Å². The molecule has 1 aromatic rings. The lowest BCUT2D eigenvalue weighted by Crippen LogP contribution is -2.48. The average Bonchev–Trinajstić information content (AvgIpc) is 2.52. The second-order valence-corrected chi connectivity index (χ2v) is 5.94. The van der Waals surface area contributed by atoms with Gasteiger partial charge in [-0.25, -0.2) is 0 Å². The zero-order chi connectivity index (χ0) is 16.6. The van der Waals surface area contributed by atoms with Crippen LogP contribution in [0.25, 0.3) is 0 Å². The lowest BCUT2D eigenvalue weighted by Gasteiger charge is -2.24. The van der Waals surface area contributed by atoms with Crippen molar-refractivity contribution < 1.29 is 9.53 Å². The van der Waals surface area contributed by atoms with Crippen LogP contribution in [0.5, 0.6) is 5.75 Å². The Hall–Kier alpha value is -1.01. The molecule has 7 heteroatoms. The zero-order valence-corrected chi connectivity index (χ0v) is 16.6. The maximum Gasteiger partial charge on any atom is 0.251 e. The summed E-state index contributed by atoms with van der Waals surface area (Å²) in [6.07, 6.45) is 0. The minimum absolute atomic E-state index is 0. The van der Waals surface area contributed by atoms with E-state index < -0.39 is 5.54 Å². The number of nitrogens with two attached hydrogens (primary N) is 1. The minimum atomic E-state index is -0.407. The van der Waals surface area contributed by atoms with Crippen LogP contribution in [0.15, 0.2) is 24.3 Å². The molecule has 3 N–H and O–H groups in total. The van der Waals surface area contributed by atoms with E-state index in [1.54, 1.807) is 12.1 Å². The van der Waals surface area contributed by atoms with Gasteiger partial charge in [0.2, 0.25) is 0 Å². The van der Waals surface area contributed by atoms with Crippen LogP contribution in [0.1, 0.15) is 38.1 Å². The smallest absolute Gasteiger partial charge is 0.251 e. The number of likely N-dealkylation sites (N-methyl/N-ethyl adjacent to an activating group) is 1. The summed E-state index contributed by atoms with van der Waals surface area (Å²) in [5.74, 6) is 0.659. The number of amides is 1. The molecule has 0 aliphatic rings. The van der Waals surface area contributed by atoms with Gasteiger partial charge >= 0.3 is 0 Å². The summed E-state index contributed by atoms with van der Waals surface area (Å²) in [6.45, 7) is 12.1. The summed E-state index contributed by atoms with van der Waals surface area (Å²) in [6, 6.07) is 7.20. The number of benzene rings is 1. The Morgan fingerprint density at radius 2 is 1.71 bits per heavy atom. The Kier molecular flexibility index (Phi) is 13.0. The fraction of sp³-hybridized carbons (Fsp3) is 0.588. The van der Waals surface area contributed by atoms with Crippen molar-refractivity contribution in [2.24, 2.45) is 5.73 Å². The van der Waals surface area contributed by atoms with Crippen LogP contribution in [-0.2, 0) is 0 Å². The Morgan fingerprint density at radius 3 is 2.17 bits per heavy atom. The van der Waals surface area contributed by atoms with Gasteiger partial charge in [-0.3, -0.25) is 4.79 Å². The van der Waals surface area contributed by atoms with Gasteiger partial charge in [-0.1, -0.05) is 13.8 Å². The first-order chi connectivity index (χ1) is 10.4. The van der Waals surface area contributed by atoms with E-state index in [4.69, 9.17) is 10.5 Å². The van der Waals surface area contributed by atoms with E-state index in [2.05, 4.69) is 24.1 Å². The Balaban J connectivity index is 0. The molecule has 0 bridgehead atoms. The maximum absolute atomic E-state index is 12.1. The Bertz CT molecular complexity index is 463. The van der Waals surface area contributed by atoms with E-state index in [0.717, 1.165) is 25.4 Å². The molecule has 0 spiro atoms. The standard InChI is InChI=1S/C17H29N3O2.2ClH/c1-5-20(6-2)11-12-22-15-9-7-14(8-10-15)16(21)19-17(3,4)13-18;;/h7-10H,5-6,11-13,18H2,1-4H3,(H,19,21);2*1H. The SMILES string of the molecule is CCN(CC)CCOc1ccc(C(=O)NC(C)(C)CN)cc1.Cl.Cl. The van der Waals surface area contributed by atoms with Gasteiger partial charge in [-0.05, 0) is 51.2 Å². The fourth-order valence-electron chi connectivity index (χ4n) is 1.97. The molecule has 0 saturated heterocycles. The molecule has 0 unspecified atom stereocenters. The predicted molar refractivity (Wildman–Crippen MR) is 105 cm³/mol. The van der Waals surface area contributed by atoms with Gasteiger partial charge < -0.3 is 20.7 Å². The third-order valence-corrected chi connectivity index (χ3v) is 3.65. The molecular weight excluding hydrogens is 349 g/mol. The van der Waals surface area contributed by atoms with Crippen molar-refractivity contribution in [2.75, 3.05) is 32.8 Å². The van der Waals surface area contributed by atoms with Gasteiger partial charge in [-0.2, -0.15) is 0 Å². The van der Waals surface area contributed by atoms with Crippen molar-refractivity contribution in [3.05, 3.63) is 29.8 Å². The molecule has 0 atom stereocenters. The number of halogens is 2. The quantitative estimate of drug-likeness (QED) is 0.691. The molecule has 0 aromatic heterocycles. The van der Waals surface area contributed by atoms with Crippen molar-refractivity contribution in [1.29, 1.82) is 0 Å². The molecule has 1 aromatic carbocycles. The van der Waals surface area contributed by atoms with E-state index in [1.165, 1.54) is 0 Å². The van der Waals surface area contributed by atoms with Crippen molar-refractivity contribution in [3.8, 4) is 5.75 Å². The molecule has 140 valence electrons. The number of nitrogens with one attached hydrogen (secondary N) is 1. The Morgan fingerprint density at radius 1 is 1.17 bits per heavy atom. The summed E-state index contributed by atoms with van der Waals surface area (Å²) in [5.41, 5.74) is 5.82. The highest BCUT2D eigenvalue weighted by Gasteiger charge is 2.19. The van der Waals surface area contributed by atoms with E-state index in [9.17, 15) is 4.79 Å². The molecule has 0 fully saturated rings. The van der Waals surface area contributed by atoms with Crippen LogP contribution < -0.4 is 15.8 Å². The summed E-state index contributed by atoms with van der Waals surface area (Å²) in [5, 5.41) is 2.90. The first-order valence-corrected chi connectivity index (χ1v) is 7.89. The van der Waals surface area contributed by atoms with Gasteiger partial charge in [0.15, 0.2) is 0 Å². The van der Waals surface area contributed by atoms with Crippen LogP contribution in [-0.4, -0.2) is 49.1 Å². The van der Waals surface area contributed by atoms with Gasteiger partial charge in [0.25, 0.3) is 5.91 Å². The topological polar surface area (TPSA) is 67.6 Å². The minimum Gasteiger partial charge on any atom is -0.492 e. The molecule has 5 nitrogen and oxygen atoms in total. The van der Waals surface area contributed by atoms with Crippen LogP contribution in [0.2, 0.25) is 0 Å². The van der Waals surface area contributed by atoms with Crippen molar-refractivity contribution in [2.45, 2.75) is 33.2 Å². The van der Waals surface area contributed by atoms with E-state index >= 15 is 0 Å². The van der Waals surface area contributed by atoms with Gasteiger partial charge in [0, 0.05) is 24.2 Å². The summed E-state index contributed by atoms with van der Waals surface area (Å²) >= 11 is 0. The normalized spacial score (nSPS) is 10.6.